The molecule has 0 amide bonds. The molecule has 0 saturated carbocycles. The van der Waals surface area contributed by atoms with Crippen molar-refractivity contribution in [1.29, 1.82) is 0 Å². The summed E-state index contributed by atoms with van der Waals surface area (Å²) >= 11 is 0. The molecular weight excluding hydrogens is 280 g/mol. The van der Waals surface area contributed by atoms with Gasteiger partial charge in [0.2, 0.25) is 15.9 Å². The first-order valence-electron chi connectivity index (χ1n) is 6.78. The summed E-state index contributed by atoms with van der Waals surface area (Å²) in [5, 5.41) is 6.96. The van der Waals surface area contributed by atoms with E-state index in [-0.39, 0.29) is 11.2 Å². The topological polar surface area (TPSA) is 88.3 Å². The van der Waals surface area contributed by atoms with Crippen molar-refractivity contribution in [3.63, 3.8) is 0 Å². The molecule has 114 valence electrons. The van der Waals surface area contributed by atoms with E-state index in [4.69, 9.17) is 4.52 Å². The number of rotatable bonds is 5. The molecule has 1 aromatic rings. The van der Waals surface area contributed by atoms with E-state index in [1.165, 1.54) is 4.31 Å². The van der Waals surface area contributed by atoms with Crippen molar-refractivity contribution in [3.05, 3.63) is 5.89 Å². The fourth-order valence-electron chi connectivity index (χ4n) is 1.90. The Labute approximate surface area is 119 Å². The van der Waals surface area contributed by atoms with Crippen LogP contribution in [0.2, 0.25) is 0 Å². The van der Waals surface area contributed by atoms with Gasteiger partial charge >= 0.3 is 0 Å². The van der Waals surface area contributed by atoms with Crippen molar-refractivity contribution in [2.24, 2.45) is 5.92 Å². The summed E-state index contributed by atoms with van der Waals surface area (Å²) in [6.45, 7) is 9.45. The second kappa shape index (κ2) is 5.33. The van der Waals surface area contributed by atoms with E-state index in [0.29, 0.717) is 37.4 Å². The molecule has 0 aromatic carbocycles. The summed E-state index contributed by atoms with van der Waals surface area (Å²) < 4.78 is 29.8. The maximum absolute atomic E-state index is 11.6. The maximum Gasteiger partial charge on any atom is 0.263 e. The average molecular weight is 302 g/mol. The first-order chi connectivity index (χ1) is 9.22. The number of nitrogens with zero attached hydrogens (tertiary/aromatic N) is 3. The molecule has 8 heteroatoms. The predicted molar refractivity (Wildman–Crippen MR) is 76.0 cm³/mol. The third-order valence-electron chi connectivity index (χ3n) is 3.30. The largest absolute Gasteiger partial charge is 0.351 e. The van der Waals surface area contributed by atoms with Crippen LogP contribution in [0.3, 0.4) is 0 Å². The number of anilines is 1. The van der Waals surface area contributed by atoms with Crippen LogP contribution in [0, 0.1) is 5.92 Å². The van der Waals surface area contributed by atoms with Crippen LogP contribution in [0.5, 0.6) is 0 Å². The first kappa shape index (κ1) is 15.2. The molecule has 1 aromatic heterocycles. The normalized spacial score (nSPS) is 18.0. The molecule has 1 N–H and O–H groups in total. The van der Waals surface area contributed by atoms with Gasteiger partial charge in [-0.2, -0.15) is 4.98 Å². The van der Waals surface area contributed by atoms with Crippen molar-refractivity contribution in [2.45, 2.75) is 33.1 Å². The second-order valence-electron chi connectivity index (χ2n) is 6.14. The Morgan fingerprint density at radius 3 is 2.55 bits per heavy atom. The highest BCUT2D eigenvalue weighted by Gasteiger charge is 2.34. The Balaban J connectivity index is 1.80. The summed E-state index contributed by atoms with van der Waals surface area (Å²) in [6, 6.07) is 0. The first-order valence-corrected chi connectivity index (χ1v) is 8.39. The van der Waals surface area contributed by atoms with Crippen molar-refractivity contribution in [2.75, 3.05) is 30.7 Å². The highest BCUT2D eigenvalue weighted by atomic mass is 32.2. The van der Waals surface area contributed by atoms with E-state index in [0.717, 1.165) is 0 Å². The summed E-state index contributed by atoms with van der Waals surface area (Å²) in [4.78, 5) is 4.28. The number of aromatic nitrogens is 2. The zero-order valence-electron chi connectivity index (χ0n) is 12.4. The third-order valence-corrected chi connectivity index (χ3v) is 5.11. The molecule has 0 aliphatic carbocycles. The van der Waals surface area contributed by atoms with E-state index in [1.807, 2.05) is 20.8 Å². The second-order valence-corrected chi connectivity index (χ2v) is 8.40. The van der Waals surface area contributed by atoms with E-state index in [1.54, 1.807) is 6.92 Å². The van der Waals surface area contributed by atoms with Crippen LogP contribution in [0.4, 0.5) is 5.95 Å². The Kier molecular flexibility index (Phi) is 4.06. The predicted octanol–water partition coefficient (Wildman–Crippen LogP) is 1.06. The van der Waals surface area contributed by atoms with Gasteiger partial charge in [-0.3, -0.25) is 0 Å². The van der Waals surface area contributed by atoms with E-state index in [9.17, 15) is 8.42 Å². The molecule has 2 heterocycles. The average Bonchev–Trinajstić information content (AvgIpc) is 2.75. The summed E-state index contributed by atoms with van der Waals surface area (Å²) in [5.74, 6) is 1.51. The molecule has 7 nitrogen and oxygen atoms in total. The van der Waals surface area contributed by atoms with Gasteiger partial charge in [0.15, 0.2) is 0 Å². The van der Waals surface area contributed by atoms with Gasteiger partial charge in [-0.15, -0.1) is 0 Å². The quantitative estimate of drug-likeness (QED) is 0.875. The SMILES string of the molecule is CCS(=O)(=O)N1CC(CNc2noc(C(C)(C)C)n2)C1. The smallest absolute Gasteiger partial charge is 0.263 e. The molecule has 2 rings (SSSR count). The minimum absolute atomic E-state index is 0.160. The minimum atomic E-state index is -3.04. The summed E-state index contributed by atoms with van der Waals surface area (Å²) in [5.41, 5.74) is -0.171. The molecule has 1 saturated heterocycles. The van der Waals surface area contributed by atoms with Gasteiger partial charge in [0.25, 0.3) is 5.95 Å². The van der Waals surface area contributed by atoms with Crippen molar-refractivity contribution in [3.8, 4) is 0 Å². The zero-order valence-corrected chi connectivity index (χ0v) is 13.2. The Morgan fingerprint density at radius 2 is 2.05 bits per heavy atom. The highest BCUT2D eigenvalue weighted by molar-refractivity contribution is 7.89. The lowest BCUT2D eigenvalue weighted by atomic mass is 9.97. The van der Waals surface area contributed by atoms with Crippen molar-refractivity contribution >= 4 is 16.0 Å². The number of nitrogens with one attached hydrogen (secondary N) is 1. The Morgan fingerprint density at radius 1 is 1.40 bits per heavy atom. The number of sulfonamides is 1. The van der Waals surface area contributed by atoms with Crippen LogP contribution in [-0.2, 0) is 15.4 Å². The molecule has 0 atom stereocenters. The van der Waals surface area contributed by atoms with Crippen LogP contribution >= 0.6 is 0 Å². The van der Waals surface area contributed by atoms with Crippen LogP contribution in [0.15, 0.2) is 4.52 Å². The van der Waals surface area contributed by atoms with Gasteiger partial charge in [0, 0.05) is 31.0 Å². The van der Waals surface area contributed by atoms with Gasteiger partial charge in [0.1, 0.15) is 0 Å². The lowest BCUT2D eigenvalue weighted by Crippen LogP contribution is -2.52. The molecule has 0 radical (unpaired) electrons. The maximum atomic E-state index is 11.6. The Hall–Kier alpha value is -1.15. The standard InChI is InChI=1S/C12H22N4O3S/c1-5-20(17,18)16-7-9(8-16)6-13-11-14-10(19-15-11)12(2,3)4/h9H,5-8H2,1-4H3,(H,13,15). The van der Waals surface area contributed by atoms with Gasteiger partial charge in [-0.05, 0) is 12.1 Å². The molecule has 1 fully saturated rings. The molecule has 1 aliphatic rings. The lowest BCUT2D eigenvalue weighted by Gasteiger charge is -2.37. The Bertz CT molecular complexity index is 556. The van der Waals surface area contributed by atoms with Gasteiger partial charge in [0.05, 0.1) is 5.75 Å². The fraction of sp³-hybridized carbons (Fsp3) is 0.833. The lowest BCUT2D eigenvalue weighted by molar-refractivity contribution is 0.211. The van der Waals surface area contributed by atoms with E-state index >= 15 is 0 Å². The number of hydrogen-bond donors (Lipinski definition) is 1. The monoisotopic (exact) mass is 302 g/mol. The van der Waals surface area contributed by atoms with Crippen LogP contribution < -0.4 is 5.32 Å². The number of hydrogen-bond acceptors (Lipinski definition) is 6. The molecule has 20 heavy (non-hydrogen) atoms. The van der Waals surface area contributed by atoms with Gasteiger partial charge in [-0.25, -0.2) is 12.7 Å². The molecule has 0 spiro atoms. The molecule has 0 bridgehead atoms. The van der Waals surface area contributed by atoms with E-state index in [2.05, 4.69) is 15.5 Å². The van der Waals surface area contributed by atoms with Crippen molar-refractivity contribution in [1.82, 2.24) is 14.4 Å². The summed E-state index contributed by atoms with van der Waals surface area (Å²) in [7, 11) is -3.04. The minimum Gasteiger partial charge on any atom is -0.351 e. The molecular formula is C12H22N4O3S. The van der Waals surface area contributed by atoms with Crippen LogP contribution in [0.25, 0.3) is 0 Å². The highest BCUT2D eigenvalue weighted by Crippen LogP contribution is 2.22. The molecule has 1 aliphatic heterocycles. The van der Waals surface area contributed by atoms with Gasteiger partial charge in [-0.1, -0.05) is 20.8 Å². The zero-order chi connectivity index (χ0) is 15.0. The fourth-order valence-corrected chi connectivity index (χ4v) is 3.14. The van der Waals surface area contributed by atoms with Gasteiger partial charge < -0.3 is 9.84 Å². The van der Waals surface area contributed by atoms with Crippen molar-refractivity contribution < 1.29 is 12.9 Å². The summed E-state index contributed by atoms with van der Waals surface area (Å²) in [6.07, 6.45) is 0. The van der Waals surface area contributed by atoms with E-state index < -0.39 is 10.0 Å². The van der Waals surface area contributed by atoms with Crippen LogP contribution in [-0.4, -0.2) is 48.3 Å². The molecule has 0 unspecified atom stereocenters. The van der Waals surface area contributed by atoms with Crippen LogP contribution in [0.1, 0.15) is 33.6 Å². The third kappa shape index (κ3) is 3.29.